The van der Waals surface area contributed by atoms with E-state index < -0.39 is 37.5 Å². The van der Waals surface area contributed by atoms with Gasteiger partial charge in [0.2, 0.25) is 5.78 Å². The van der Waals surface area contributed by atoms with Crippen LogP contribution in [-0.4, -0.2) is 76.3 Å². The number of carbonyl (C=O) groups is 1. The molecule has 0 unspecified atom stereocenters. The zero-order valence-corrected chi connectivity index (χ0v) is 52.2. The van der Waals surface area contributed by atoms with E-state index in [0.29, 0.717) is 78.4 Å². The van der Waals surface area contributed by atoms with Gasteiger partial charge in [-0.3, -0.25) is 4.79 Å². The number of hydrogen-bond acceptors (Lipinski definition) is 11. The van der Waals surface area contributed by atoms with Crippen molar-refractivity contribution in [1.29, 1.82) is 0 Å². The molecule has 2 heterocycles. The number of rotatable bonds is 23. The van der Waals surface area contributed by atoms with Crippen LogP contribution in [0, 0.1) is 0 Å². The fraction of sp³-hybridized carbons (Fsp3) is 0.365. The monoisotopic (exact) mass is 1170 g/mol. The van der Waals surface area contributed by atoms with Crippen LogP contribution in [0.4, 0.5) is 0 Å². The van der Waals surface area contributed by atoms with E-state index in [1.807, 2.05) is 111 Å². The predicted octanol–water partition coefficient (Wildman–Crippen LogP) is 14.4. The molecule has 448 valence electrons. The lowest BCUT2D eigenvalue weighted by molar-refractivity contribution is -0.204. The highest BCUT2D eigenvalue weighted by Gasteiger charge is 2.64. The summed E-state index contributed by atoms with van der Waals surface area (Å²) in [6.07, 6.45) is -1.08. The molecular weight excluding hydrogens is 1090 g/mol. The van der Waals surface area contributed by atoms with Gasteiger partial charge in [0.15, 0.2) is 11.4 Å². The lowest BCUT2D eigenvalue weighted by Gasteiger charge is -2.45. The first-order valence-electron chi connectivity index (χ1n) is 30.3. The second-order valence-electron chi connectivity index (χ2n) is 25.0. The molecular formula is C74H82O11Si. The molecule has 12 heteroatoms. The molecule has 0 radical (unpaired) electrons. The molecule has 2 saturated heterocycles. The van der Waals surface area contributed by atoms with Crippen LogP contribution in [0.2, 0.25) is 5.04 Å². The third kappa shape index (κ3) is 12.5. The molecule has 0 saturated carbocycles. The van der Waals surface area contributed by atoms with Gasteiger partial charge in [0, 0.05) is 42.4 Å². The van der Waals surface area contributed by atoms with Gasteiger partial charge in [0.1, 0.15) is 36.1 Å². The first-order valence-corrected chi connectivity index (χ1v) is 32.2. The Morgan fingerprint density at radius 3 is 1.65 bits per heavy atom. The normalized spacial score (nSPS) is 21.7. The fourth-order valence-corrected chi connectivity index (χ4v) is 18.1. The lowest BCUT2D eigenvalue weighted by atomic mass is 9.70. The van der Waals surface area contributed by atoms with Gasteiger partial charge in [-0.2, -0.15) is 0 Å². The van der Waals surface area contributed by atoms with Crippen molar-refractivity contribution in [3.05, 3.63) is 233 Å². The largest absolute Gasteiger partial charge is 0.496 e. The van der Waals surface area contributed by atoms with E-state index in [1.165, 1.54) is 10.4 Å². The van der Waals surface area contributed by atoms with E-state index in [2.05, 4.69) is 132 Å². The summed E-state index contributed by atoms with van der Waals surface area (Å²) in [5.41, 5.74) is 3.41. The Hall–Kier alpha value is -6.97. The first kappa shape index (κ1) is 60.7. The van der Waals surface area contributed by atoms with Crippen LogP contribution < -0.4 is 24.6 Å². The summed E-state index contributed by atoms with van der Waals surface area (Å²) in [5, 5.41) is 3.40. The molecule has 11 rings (SSSR count). The van der Waals surface area contributed by atoms with Gasteiger partial charge in [-0.15, -0.1) is 0 Å². The third-order valence-corrected chi connectivity index (χ3v) is 22.5. The van der Waals surface area contributed by atoms with E-state index in [4.69, 9.17) is 47.1 Å². The predicted molar refractivity (Wildman–Crippen MR) is 339 cm³/mol. The van der Waals surface area contributed by atoms with Crippen molar-refractivity contribution in [3.63, 3.8) is 0 Å². The molecule has 0 aromatic heterocycles. The summed E-state index contributed by atoms with van der Waals surface area (Å²) in [6, 6.07) is 66.0. The van der Waals surface area contributed by atoms with Gasteiger partial charge in [-0.1, -0.05) is 209 Å². The quantitative estimate of drug-likeness (QED) is 0.0571. The maximum absolute atomic E-state index is 16.5. The van der Waals surface area contributed by atoms with Crippen LogP contribution in [0.3, 0.4) is 0 Å². The highest BCUT2D eigenvalue weighted by atomic mass is 28.4. The molecule has 0 N–H and O–H groups in total. The molecule has 2 fully saturated rings. The van der Waals surface area contributed by atoms with Crippen LogP contribution in [0.25, 0.3) is 10.8 Å². The van der Waals surface area contributed by atoms with Crippen molar-refractivity contribution in [2.75, 3.05) is 20.8 Å². The van der Waals surface area contributed by atoms with Crippen molar-refractivity contribution in [1.82, 2.24) is 0 Å². The molecule has 0 spiro atoms. The summed E-state index contributed by atoms with van der Waals surface area (Å²) < 4.78 is 69.9. The molecule has 7 atom stereocenters. The SMILES string of the molecule is COc1c2c(c(OC)c3c(OCc4ccccc4)c([C@H]4C[C@@H](OCc5ccccc5)[C@H](OCc5ccccc5)[C@@H](C)O4)ccc13)C[C@H]1OC(C)(C)O[C@@]1(C[C@](C)(CCO[Si](c1ccccc1)(c1ccccc1)C(C)(C)C)OCc1ccccc1)C2=O. The fourth-order valence-electron chi connectivity index (χ4n) is 13.5. The van der Waals surface area contributed by atoms with E-state index in [0.717, 1.165) is 27.8 Å². The zero-order chi connectivity index (χ0) is 60.1. The van der Waals surface area contributed by atoms with Crippen molar-refractivity contribution in [2.45, 2.75) is 153 Å². The van der Waals surface area contributed by atoms with Gasteiger partial charge in [-0.05, 0) is 77.8 Å². The lowest BCUT2D eigenvalue weighted by Crippen LogP contribution is -2.66. The van der Waals surface area contributed by atoms with Gasteiger partial charge in [0.25, 0.3) is 8.32 Å². The summed E-state index contributed by atoms with van der Waals surface area (Å²) in [5.74, 6) is 0.00276. The van der Waals surface area contributed by atoms with Crippen molar-refractivity contribution in [2.24, 2.45) is 0 Å². The molecule has 3 aliphatic rings. The molecule has 1 aliphatic carbocycles. The Kier molecular flexibility index (Phi) is 18.2. The highest BCUT2D eigenvalue weighted by Crippen LogP contribution is 2.57. The Morgan fingerprint density at radius 2 is 1.12 bits per heavy atom. The Bertz CT molecular complexity index is 3510. The minimum Gasteiger partial charge on any atom is -0.496 e. The molecule has 8 aromatic rings. The molecule has 11 nitrogen and oxygen atoms in total. The van der Waals surface area contributed by atoms with Crippen LogP contribution in [0.1, 0.15) is 118 Å². The van der Waals surface area contributed by atoms with E-state index in [-0.39, 0.29) is 48.6 Å². The van der Waals surface area contributed by atoms with Crippen LogP contribution >= 0.6 is 0 Å². The van der Waals surface area contributed by atoms with E-state index >= 15 is 4.79 Å². The number of ketones is 1. The summed E-state index contributed by atoms with van der Waals surface area (Å²) in [6.45, 7) is 16.4. The summed E-state index contributed by atoms with van der Waals surface area (Å²) in [7, 11) is 0.294. The van der Waals surface area contributed by atoms with Crippen LogP contribution in [0.5, 0.6) is 17.2 Å². The van der Waals surface area contributed by atoms with Crippen molar-refractivity contribution in [3.8, 4) is 17.2 Å². The van der Waals surface area contributed by atoms with Crippen molar-refractivity contribution >= 4 is 35.2 Å². The Labute approximate surface area is 508 Å². The van der Waals surface area contributed by atoms with Gasteiger partial charge < -0.3 is 47.1 Å². The number of Topliss-reactive ketones (excluding diaryl/α,β-unsaturated/α-hetero) is 1. The van der Waals surface area contributed by atoms with Crippen LogP contribution in [-0.2, 0) is 65.7 Å². The molecule has 0 amide bonds. The van der Waals surface area contributed by atoms with Crippen molar-refractivity contribution < 1.29 is 51.9 Å². The average molecular weight is 1180 g/mol. The number of fused-ring (bicyclic) bond motifs is 3. The number of hydrogen-bond donors (Lipinski definition) is 0. The Balaban J connectivity index is 0.995. The summed E-state index contributed by atoms with van der Waals surface area (Å²) in [4.78, 5) is 16.5. The highest BCUT2D eigenvalue weighted by molar-refractivity contribution is 6.99. The minimum absolute atomic E-state index is 0.151. The minimum atomic E-state index is -2.98. The topological polar surface area (TPSA) is 109 Å². The van der Waals surface area contributed by atoms with Gasteiger partial charge in [-0.25, -0.2) is 0 Å². The maximum atomic E-state index is 16.5. The van der Waals surface area contributed by atoms with Gasteiger partial charge >= 0.3 is 0 Å². The Morgan fingerprint density at radius 1 is 0.605 bits per heavy atom. The summed E-state index contributed by atoms with van der Waals surface area (Å²) >= 11 is 0. The number of methoxy groups -OCH3 is 2. The molecule has 2 aliphatic heterocycles. The zero-order valence-electron chi connectivity index (χ0n) is 51.2. The number of carbonyl (C=O) groups excluding carboxylic acids is 1. The second-order valence-corrected chi connectivity index (χ2v) is 29.3. The third-order valence-electron chi connectivity index (χ3n) is 17.5. The maximum Gasteiger partial charge on any atom is 0.261 e. The smallest absolute Gasteiger partial charge is 0.261 e. The molecule has 8 aromatic carbocycles. The molecule has 0 bridgehead atoms. The van der Waals surface area contributed by atoms with Crippen LogP contribution in [0.15, 0.2) is 194 Å². The number of benzene rings is 8. The first-order chi connectivity index (χ1) is 41.5. The van der Waals surface area contributed by atoms with Gasteiger partial charge in [0.05, 0.1) is 68.9 Å². The van der Waals surface area contributed by atoms with E-state index in [1.54, 1.807) is 14.2 Å². The van der Waals surface area contributed by atoms with E-state index in [9.17, 15) is 0 Å². The molecule has 86 heavy (non-hydrogen) atoms. The standard InChI is InChI=1S/C74H82O11Si/c1-51-66(79-47-53-30-18-11-19-31-53)62(78-46-52-28-16-10-17-29-52)45-61(83-51)58-40-41-59-64(69(58)80-48-54-32-20-12-21-33-54)68(77-9)60-44-63-74(85-72(5,6)84-63,70(75)65(60)67(59)76-8)50-73(7,81-49-55-34-22-13-23-35-55)42-43-82-86(71(2,3)4,56-36-24-14-25-37-56)57-38-26-15-27-39-57/h10-41,51,61-63,66H,42-50H2,1-9H3/t51-,61-,62-,63-,66-,73+,74-/m1/s1. The second kappa shape index (κ2) is 25.8. The number of ether oxygens (including phenoxy) is 9. The average Bonchev–Trinajstić information content (AvgIpc) is 1.53.